The molecule has 140 valence electrons. The van der Waals surface area contributed by atoms with E-state index in [2.05, 4.69) is 20.8 Å². The second-order valence-corrected chi connectivity index (χ2v) is 10.2. The highest BCUT2D eigenvalue weighted by Crippen LogP contribution is 2.66. The van der Waals surface area contributed by atoms with Crippen LogP contribution in [0, 0.1) is 40.4 Å². The zero-order valence-electron chi connectivity index (χ0n) is 16.3. The lowest BCUT2D eigenvalue weighted by Gasteiger charge is -2.60. The van der Waals surface area contributed by atoms with E-state index in [4.69, 9.17) is 4.74 Å². The highest BCUT2D eigenvalue weighted by Gasteiger charge is 2.61. The topological polar surface area (TPSA) is 43.4 Å². The van der Waals surface area contributed by atoms with Gasteiger partial charge in [-0.15, -0.1) is 0 Å². The summed E-state index contributed by atoms with van der Waals surface area (Å²) in [6, 6.07) is 0. The molecule has 0 aromatic carbocycles. The summed E-state index contributed by atoms with van der Waals surface area (Å²) in [6.45, 7) is 8.58. The normalized spacial score (nSPS) is 52.1. The predicted octanol–water partition coefficient (Wildman–Crippen LogP) is 4.78. The van der Waals surface area contributed by atoms with Crippen molar-refractivity contribution in [1.29, 1.82) is 0 Å². The first-order chi connectivity index (χ1) is 11.8. The van der Waals surface area contributed by atoms with E-state index in [1.54, 1.807) is 6.92 Å². The van der Waals surface area contributed by atoms with Crippen LogP contribution < -0.4 is 0 Å². The van der Waals surface area contributed by atoms with Gasteiger partial charge in [-0.3, -0.25) is 9.59 Å². The first-order valence-corrected chi connectivity index (χ1v) is 10.5. The average molecular weight is 347 g/mol. The maximum absolute atomic E-state index is 12.3. The molecular weight excluding hydrogens is 312 g/mol. The van der Waals surface area contributed by atoms with Crippen molar-refractivity contribution in [3.63, 3.8) is 0 Å². The number of ketones is 1. The van der Waals surface area contributed by atoms with E-state index >= 15 is 0 Å². The van der Waals surface area contributed by atoms with E-state index < -0.39 is 0 Å². The summed E-state index contributed by atoms with van der Waals surface area (Å²) < 4.78 is 5.74. The van der Waals surface area contributed by atoms with Gasteiger partial charge in [0.15, 0.2) is 0 Å². The highest BCUT2D eigenvalue weighted by molar-refractivity contribution is 5.82. The molecular formula is C22H34O3. The standard InChI is InChI=1S/C22H34O3/c1-13-12-22(4)15(11-19(13)24)5-6-16-17-7-8-20(25-14(2)23)21(17,3)10-9-18(16)22/h13,15-18,20H,5-12H2,1-4H3/t13-,15+,16+,17-,18-,20+,21+,22+/m1/s1. The zero-order chi connectivity index (χ0) is 18.0. The molecule has 0 aromatic rings. The minimum absolute atomic E-state index is 0.119. The third-order valence-corrected chi connectivity index (χ3v) is 9.03. The van der Waals surface area contributed by atoms with Gasteiger partial charge in [0, 0.05) is 24.7 Å². The molecule has 4 aliphatic rings. The second-order valence-electron chi connectivity index (χ2n) is 10.2. The zero-order valence-corrected chi connectivity index (χ0v) is 16.3. The summed E-state index contributed by atoms with van der Waals surface area (Å²) in [7, 11) is 0. The van der Waals surface area contributed by atoms with E-state index in [9.17, 15) is 9.59 Å². The molecule has 0 bridgehead atoms. The molecule has 0 unspecified atom stereocenters. The molecule has 0 amide bonds. The fourth-order valence-electron chi connectivity index (χ4n) is 7.75. The lowest BCUT2D eigenvalue weighted by Crippen LogP contribution is -2.55. The van der Waals surface area contributed by atoms with Crippen LogP contribution in [-0.2, 0) is 14.3 Å². The Morgan fingerprint density at radius 3 is 2.48 bits per heavy atom. The number of carbonyl (C=O) groups excluding carboxylic acids is 2. The number of hydrogen-bond acceptors (Lipinski definition) is 3. The van der Waals surface area contributed by atoms with Gasteiger partial charge in [0.05, 0.1) is 0 Å². The molecule has 0 spiro atoms. The summed E-state index contributed by atoms with van der Waals surface area (Å²) in [5.74, 6) is 3.44. The van der Waals surface area contributed by atoms with Crippen molar-refractivity contribution in [2.45, 2.75) is 85.2 Å². The van der Waals surface area contributed by atoms with Crippen LogP contribution in [0.2, 0.25) is 0 Å². The number of esters is 1. The Morgan fingerprint density at radius 1 is 1.04 bits per heavy atom. The van der Waals surface area contributed by atoms with E-state index in [1.807, 2.05) is 0 Å². The molecule has 4 saturated carbocycles. The summed E-state index contributed by atoms with van der Waals surface area (Å²) >= 11 is 0. The third-order valence-electron chi connectivity index (χ3n) is 9.03. The first-order valence-electron chi connectivity index (χ1n) is 10.5. The lowest BCUT2D eigenvalue weighted by atomic mass is 9.44. The van der Waals surface area contributed by atoms with Gasteiger partial charge in [0.25, 0.3) is 0 Å². The van der Waals surface area contributed by atoms with Crippen LogP contribution >= 0.6 is 0 Å². The van der Waals surface area contributed by atoms with Crippen molar-refractivity contribution in [3.8, 4) is 0 Å². The molecule has 0 saturated heterocycles. The Bertz CT molecular complexity index is 584. The van der Waals surface area contributed by atoms with Crippen LogP contribution in [-0.4, -0.2) is 17.9 Å². The van der Waals surface area contributed by atoms with Crippen molar-refractivity contribution >= 4 is 11.8 Å². The van der Waals surface area contributed by atoms with E-state index in [0.29, 0.717) is 23.0 Å². The van der Waals surface area contributed by atoms with E-state index in [0.717, 1.165) is 31.1 Å². The van der Waals surface area contributed by atoms with Crippen LogP contribution in [0.15, 0.2) is 0 Å². The van der Waals surface area contributed by atoms with Gasteiger partial charge in [-0.1, -0.05) is 20.8 Å². The van der Waals surface area contributed by atoms with Crippen molar-refractivity contribution in [2.75, 3.05) is 0 Å². The van der Waals surface area contributed by atoms with E-state index in [-0.39, 0.29) is 23.4 Å². The SMILES string of the molecule is CC(=O)O[C@H]1CC[C@@H]2[C@@H]3CC[C@H]4CC(=O)[C@H](C)C[C@]4(C)[C@@H]3CC[C@]12C. The van der Waals surface area contributed by atoms with Gasteiger partial charge >= 0.3 is 5.97 Å². The van der Waals surface area contributed by atoms with E-state index in [1.165, 1.54) is 32.1 Å². The number of Topliss-reactive ketones (excluding diaryl/α,β-unsaturated/α-hetero) is 1. The monoisotopic (exact) mass is 346 g/mol. The largest absolute Gasteiger partial charge is 0.462 e. The summed E-state index contributed by atoms with van der Waals surface area (Å²) in [5, 5.41) is 0. The maximum Gasteiger partial charge on any atom is 0.302 e. The smallest absolute Gasteiger partial charge is 0.302 e. The van der Waals surface area contributed by atoms with Gasteiger partial charge in [-0.25, -0.2) is 0 Å². The lowest BCUT2D eigenvalue weighted by molar-refractivity contribution is -0.163. The number of hydrogen-bond donors (Lipinski definition) is 0. The quantitative estimate of drug-likeness (QED) is 0.642. The number of carbonyl (C=O) groups is 2. The average Bonchev–Trinajstić information content (AvgIpc) is 2.85. The van der Waals surface area contributed by atoms with Gasteiger partial charge in [0.1, 0.15) is 11.9 Å². The third kappa shape index (κ3) is 2.51. The van der Waals surface area contributed by atoms with Gasteiger partial charge in [-0.05, 0) is 74.0 Å². The molecule has 3 heteroatoms. The molecule has 4 fully saturated rings. The first kappa shape index (κ1) is 17.5. The Labute approximate surface area is 152 Å². The maximum atomic E-state index is 12.3. The minimum atomic E-state index is -0.121. The molecule has 0 aliphatic heterocycles. The summed E-state index contributed by atoms with van der Waals surface area (Å²) in [6.07, 6.45) is 9.22. The Morgan fingerprint density at radius 2 is 1.76 bits per heavy atom. The number of rotatable bonds is 1. The van der Waals surface area contributed by atoms with Gasteiger partial charge in [-0.2, -0.15) is 0 Å². The Hall–Kier alpha value is -0.860. The predicted molar refractivity (Wildman–Crippen MR) is 96.8 cm³/mol. The Kier molecular flexibility index (Phi) is 4.09. The van der Waals surface area contributed by atoms with Crippen LogP contribution in [0.25, 0.3) is 0 Å². The molecule has 0 radical (unpaired) electrons. The number of ether oxygens (including phenoxy) is 1. The second kappa shape index (κ2) is 5.82. The molecule has 0 N–H and O–H groups in total. The van der Waals surface area contributed by atoms with Gasteiger partial charge in [0.2, 0.25) is 0 Å². The molecule has 4 rings (SSSR count). The summed E-state index contributed by atoms with van der Waals surface area (Å²) in [5.41, 5.74) is 0.517. The van der Waals surface area contributed by atoms with Crippen LogP contribution in [0.3, 0.4) is 0 Å². The van der Waals surface area contributed by atoms with Crippen LogP contribution in [0.4, 0.5) is 0 Å². The molecule has 25 heavy (non-hydrogen) atoms. The molecule has 0 heterocycles. The fourth-order valence-corrected chi connectivity index (χ4v) is 7.75. The molecule has 0 aromatic heterocycles. The van der Waals surface area contributed by atoms with Crippen LogP contribution in [0.1, 0.15) is 79.1 Å². The fraction of sp³-hybridized carbons (Fsp3) is 0.909. The minimum Gasteiger partial charge on any atom is -0.462 e. The van der Waals surface area contributed by atoms with Crippen molar-refractivity contribution < 1.29 is 14.3 Å². The van der Waals surface area contributed by atoms with Crippen molar-refractivity contribution in [3.05, 3.63) is 0 Å². The van der Waals surface area contributed by atoms with Gasteiger partial charge < -0.3 is 4.74 Å². The molecule has 8 atom stereocenters. The highest BCUT2D eigenvalue weighted by atomic mass is 16.5. The number of fused-ring (bicyclic) bond motifs is 5. The van der Waals surface area contributed by atoms with Crippen molar-refractivity contribution in [1.82, 2.24) is 0 Å². The van der Waals surface area contributed by atoms with Crippen LogP contribution in [0.5, 0.6) is 0 Å². The van der Waals surface area contributed by atoms with Crippen molar-refractivity contribution in [2.24, 2.45) is 40.4 Å². The summed E-state index contributed by atoms with van der Waals surface area (Å²) in [4.78, 5) is 23.8. The Balaban J connectivity index is 1.59. The molecule has 4 aliphatic carbocycles. The molecule has 3 nitrogen and oxygen atoms in total.